The summed E-state index contributed by atoms with van der Waals surface area (Å²) < 4.78 is 17.1. The van der Waals surface area contributed by atoms with Gasteiger partial charge >= 0.3 is 0 Å². The molecule has 0 aliphatic carbocycles. The zero-order valence-corrected chi connectivity index (χ0v) is 18.2. The average Bonchev–Trinajstić information content (AvgIpc) is 2.66. The Bertz CT molecular complexity index is 361. The minimum Gasteiger partial charge on any atom is -0.370 e. The molecular formula is C23H44O4. The fraction of sp³-hybridized carbons (Fsp3) is 0.957. The van der Waals surface area contributed by atoms with Gasteiger partial charge in [-0.15, -0.1) is 0 Å². The van der Waals surface area contributed by atoms with E-state index in [1.807, 2.05) is 6.92 Å². The van der Waals surface area contributed by atoms with Crippen molar-refractivity contribution in [1.82, 2.24) is 0 Å². The molecule has 0 amide bonds. The molecule has 1 aliphatic rings. The van der Waals surface area contributed by atoms with Gasteiger partial charge in [0.2, 0.25) is 0 Å². The van der Waals surface area contributed by atoms with E-state index in [1.165, 1.54) is 77.0 Å². The van der Waals surface area contributed by atoms with E-state index in [2.05, 4.69) is 13.8 Å². The van der Waals surface area contributed by atoms with Crippen LogP contribution in [0.15, 0.2) is 0 Å². The highest BCUT2D eigenvalue weighted by molar-refractivity contribution is 5.81. The number of rotatable bonds is 17. The molecule has 1 atom stereocenters. The number of hydrogen-bond acceptors (Lipinski definition) is 4. The third-order valence-corrected chi connectivity index (χ3v) is 5.54. The van der Waals surface area contributed by atoms with Crippen LogP contribution in [-0.4, -0.2) is 37.5 Å². The van der Waals surface area contributed by atoms with Crippen LogP contribution in [0.2, 0.25) is 0 Å². The molecule has 0 aromatic carbocycles. The molecule has 1 fully saturated rings. The average molecular weight is 385 g/mol. The van der Waals surface area contributed by atoms with E-state index in [4.69, 9.17) is 14.2 Å². The van der Waals surface area contributed by atoms with Gasteiger partial charge in [-0.1, -0.05) is 90.4 Å². The van der Waals surface area contributed by atoms with Gasteiger partial charge in [0.1, 0.15) is 18.8 Å². The van der Waals surface area contributed by atoms with Crippen molar-refractivity contribution in [2.75, 3.05) is 19.8 Å². The van der Waals surface area contributed by atoms with E-state index in [0.717, 1.165) is 12.8 Å². The molecule has 1 aliphatic heterocycles. The number of ether oxygens (including phenoxy) is 3. The summed E-state index contributed by atoms with van der Waals surface area (Å²) in [7, 11) is 0. The Balaban J connectivity index is 2.02. The molecule has 4 heteroatoms. The molecule has 27 heavy (non-hydrogen) atoms. The fourth-order valence-electron chi connectivity index (χ4n) is 3.86. The van der Waals surface area contributed by atoms with Crippen LogP contribution in [-0.2, 0) is 19.0 Å². The Morgan fingerprint density at radius 1 is 0.815 bits per heavy atom. The van der Waals surface area contributed by atoms with Gasteiger partial charge < -0.3 is 14.2 Å². The summed E-state index contributed by atoms with van der Waals surface area (Å²) in [5, 5.41) is 0. The summed E-state index contributed by atoms with van der Waals surface area (Å²) in [5.41, 5.74) is -0.451. The first kappa shape index (κ1) is 24.6. The molecule has 0 N–H and O–H groups in total. The van der Waals surface area contributed by atoms with E-state index in [1.54, 1.807) is 0 Å². The maximum atomic E-state index is 11.3. The van der Waals surface area contributed by atoms with Crippen LogP contribution in [0.5, 0.6) is 0 Å². The Morgan fingerprint density at radius 3 is 1.70 bits per heavy atom. The van der Waals surface area contributed by atoms with Crippen LogP contribution >= 0.6 is 0 Å². The first-order chi connectivity index (χ1) is 13.1. The summed E-state index contributed by atoms with van der Waals surface area (Å²) >= 11 is 0. The molecule has 0 radical (unpaired) electrons. The van der Waals surface area contributed by atoms with E-state index < -0.39 is 11.9 Å². The lowest BCUT2D eigenvalue weighted by Crippen LogP contribution is -2.49. The van der Waals surface area contributed by atoms with Gasteiger partial charge in [0.25, 0.3) is 0 Å². The van der Waals surface area contributed by atoms with Gasteiger partial charge in [0.05, 0.1) is 0 Å². The highest BCUT2D eigenvalue weighted by atomic mass is 16.7. The second kappa shape index (κ2) is 15.5. The van der Waals surface area contributed by atoms with Crippen molar-refractivity contribution in [2.24, 2.45) is 0 Å². The molecular weight excluding hydrogens is 340 g/mol. The van der Waals surface area contributed by atoms with Crippen LogP contribution in [0.4, 0.5) is 0 Å². The SMILES string of the molecule is CCCCCCCCCCCCCCCC(C)(OCC)C1OCC(=O)CO1. The minimum absolute atomic E-state index is 0.00561. The highest BCUT2D eigenvalue weighted by Gasteiger charge is 2.39. The first-order valence-electron chi connectivity index (χ1n) is 11.5. The number of unbranched alkanes of at least 4 members (excludes halogenated alkanes) is 12. The van der Waals surface area contributed by atoms with Crippen molar-refractivity contribution in [3.05, 3.63) is 0 Å². The molecule has 0 saturated carbocycles. The molecule has 0 aromatic rings. The summed E-state index contributed by atoms with van der Waals surface area (Å²) in [6, 6.07) is 0. The number of ketones is 1. The van der Waals surface area contributed by atoms with E-state index in [-0.39, 0.29) is 19.0 Å². The fourth-order valence-corrected chi connectivity index (χ4v) is 3.86. The summed E-state index contributed by atoms with van der Waals surface area (Å²) in [6.07, 6.45) is 18.1. The number of Topliss-reactive ketones (excluding diaryl/α,β-unsaturated/α-hetero) is 1. The number of hydrogen-bond donors (Lipinski definition) is 0. The minimum atomic E-state index is -0.451. The predicted octanol–water partition coefficient (Wildman–Crippen LogP) is 6.20. The normalized spacial score (nSPS) is 18.0. The van der Waals surface area contributed by atoms with Crippen molar-refractivity contribution < 1.29 is 19.0 Å². The van der Waals surface area contributed by atoms with Gasteiger partial charge in [-0.25, -0.2) is 0 Å². The Morgan fingerprint density at radius 2 is 1.26 bits per heavy atom. The standard InChI is InChI=1S/C23H44O4/c1-4-6-7-8-9-10-11-12-13-14-15-16-17-18-23(3,27-5-2)22-25-19-21(24)20-26-22/h22H,4-20H2,1-3H3. The monoisotopic (exact) mass is 384 g/mol. The molecule has 0 aromatic heterocycles. The maximum Gasteiger partial charge on any atom is 0.187 e. The van der Waals surface area contributed by atoms with E-state index in [0.29, 0.717) is 6.61 Å². The lowest BCUT2D eigenvalue weighted by molar-refractivity contribution is -0.261. The van der Waals surface area contributed by atoms with Crippen LogP contribution in [0, 0.1) is 0 Å². The second-order valence-electron chi connectivity index (χ2n) is 8.23. The van der Waals surface area contributed by atoms with Crippen molar-refractivity contribution in [1.29, 1.82) is 0 Å². The zero-order chi connectivity index (χ0) is 19.8. The van der Waals surface area contributed by atoms with Crippen LogP contribution < -0.4 is 0 Å². The zero-order valence-electron chi connectivity index (χ0n) is 18.2. The second-order valence-corrected chi connectivity index (χ2v) is 8.23. The Labute approximate surface area is 167 Å². The number of carbonyl (C=O) groups is 1. The topological polar surface area (TPSA) is 44.8 Å². The first-order valence-corrected chi connectivity index (χ1v) is 11.5. The lowest BCUT2D eigenvalue weighted by atomic mass is 9.95. The largest absolute Gasteiger partial charge is 0.370 e. The molecule has 1 rings (SSSR count). The molecule has 1 saturated heterocycles. The Hall–Kier alpha value is -0.450. The molecule has 0 spiro atoms. The predicted molar refractivity (Wildman–Crippen MR) is 111 cm³/mol. The van der Waals surface area contributed by atoms with Crippen molar-refractivity contribution in [2.45, 2.75) is 123 Å². The van der Waals surface area contributed by atoms with Crippen molar-refractivity contribution in [3.8, 4) is 0 Å². The molecule has 4 nitrogen and oxygen atoms in total. The van der Waals surface area contributed by atoms with Gasteiger partial charge in [-0.3, -0.25) is 4.79 Å². The third-order valence-electron chi connectivity index (χ3n) is 5.54. The molecule has 1 heterocycles. The van der Waals surface area contributed by atoms with Gasteiger partial charge in [0, 0.05) is 6.61 Å². The smallest absolute Gasteiger partial charge is 0.187 e. The van der Waals surface area contributed by atoms with Gasteiger partial charge in [-0.2, -0.15) is 0 Å². The quantitative estimate of drug-likeness (QED) is 0.280. The summed E-state index contributed by atoms with van der Waals surface area (Å²) in [4.78, 5) is 11.3. The molecule has 1 unspecified atom stereocenters. The summed E-state index contributed by atoms with van der Waals surface area (Å²) in [5.74, 6) is 0.00561. The number of carbonyl (C=O) groups excluding carboxylic acids is 1. The van der Waals surface area contributed by atoms with E-state index >= 15 is 0 Å². The molecule has 160 valence electrons. The van der Waals surface area contributed by atoms with Crippen molar-refractivity contribution in [3.63, 3.8) is 0 Å². The summed E-state index contributed by atoms with van der Waals surface area (Å²) in [6.45, 7) is 7.24. The Kier molecular flexibility index (Phi) is 14.1. The van der Waals surface area contributed by atoms with Gasteiger partial charge in [-0.05, 0) is 20.3 Å². The highest BCUT2D eigenvalue weighted by Crippen LogP contribution is 2.28. The van der Waals surface area contributed by atoms with Crippen LogP contribution in [0.25, 0.3) is 0 Å². The van der Waals surface area contributed by atoms with Crippen molar-refractivity contribution >= 4 is 5.78 Å². The van der Waals surface area contributed by atoms with Crippen LogP contribution in [0.1, 0.15) is 111 Å². The maximum absolute atomic E-state index is 11.3. The lowest BCUT2D eigenvalue weighted by Gasteiger charge is -2.38. The van der Waals surface area contributed by atoms with Crippen LogP contribution in [0.3, 0.4) is 0 Å². The van der Waals surface area contributed by atoms with Gasteiger partial charge in [0.15, 0.2) is 12.1 Å². The molecule has 0 bridgehead atoms. The van der Waals surface area contributed by atoms with E-state index in [9.17, 15) is 4.79 Å². The third kappa shape index (κ3) is 11.2.